The highest BCUT2D eigenvalue weighted by Crippen LogP contribution is 2.33. The number of hydrogen-bond acceptors (Lipinski definition) is 3. The molecule has 2 rings (SSSR count). The van der Waals surface area contributed by atoms with Crippen molar-refractivity contribution in [3.05, 3.63) is 29.6 Å². The molecule has 0 unspecified atom stereocenters. The van der Waals surface area contributed by atoms with E-state index >= 15 is 0 Å². The van der Waals surface area contributed by atoms with Gasteiger partial charge in [-0.15, -0.1) is 0 Å². The number of carboxylic acid groups (broad SMARTS) is 1. The van der Waals surface area contributed by atoms with Gasteiger partial charge in [-0.3, -0.25) is 0 Å². The quantitative estimate of drug-likeness (QED) is 0.930. The van der Waals surface area contributed by atoms with E-state index in [9.17, 15) is 17.6 Å². The second kappa shape index (κ2) is 5.38. The van der Waals surface area contributed by atoms with E-state index in [1.54, 1.807) is 13.8 Å². The molecule has 1 aliphatic rings. The molecule has 5 nitrogen and oxygen atoms in total. The first-order valence-corrected chi connectivity index (χ1v) is 8.16. The smallest absolute Gasteiger partial charge is 0.335 e. The molecule has 1 heterocycles. The maximum Gasteiger partial charge on any atom is 0.335 e. The molecule has 0 bridgehead atoms. The molecular formula is C14H18FNO4S. The van der Waals surface area contributed by atoms with Gasteiger partial charge in [-0.1, -0.05) is 6.42 Å². The van der Waals surface area contributed by atoms with Crippen LogP contribution in [-0.2, 0) is 10.0 Å². The van der Waals surface area contributed by atoms with Crippen molar-refractivity contribution in [2.45, 2.75) is 43.5 Å². The standard InChI is InChI=1S/C14H18FNO4S/c1-14(2)7-3-4-8-16(14)21(19,20)12-9-10(13(17)18)5-6-11(12)15/h5-6,9H,3-4,7-8H2,1-2H3,(H,17,18). The maximum absolute atomic E-state index is 13.9. The summed E-state index contributed by atoms with van der Waals surface area (Å²) >= 11 is 0. The van der Waals surface area contributed by atoms with Crippen LogP contribution < -0.4 is 0 Å². The molecular weight excluding hydrogens is 297 g/mol. The van der Waals surface area contributed by atoms with Crippen LogP contribution in [0.1, 0.15) is 43.5 Å². The highest BCUT2D eigenvalue weighted by Gasteiger charge is 2.40. The summed E-state index contributed by atoms with van der Waals surface area (Å²) in [5, 5.41) is 8.95. The van der Waals surface area contributed by atoms with Crippen LogP contribution in [-0.4, -0.2) is 35.9 Å². The Morgan fingerprint density at radius 2 is 2.00 bits per heavy atom. The predicted octanol–water partition coefficient (Wildman–Crippen LogP) is 2.48. The molecule has 1 aliphatic heterocycles. The first kappa shape index (κ1) is 15.9. The number of benzene rings is 1. The van der Waals surface area contributed by atoms with Gasteiger partial charge in [0.25, 0.3) is 0 Å². The van der Waals surface area contributed by atoms with E-state index in [0.717, 1.165) is 24.6 Å². The van der Waals surface area contributed by atoms with Crippen molar-refractivity contribution in [3.8, 4) is 0 Å². The van der Waals surface area contributed by atoms with Crippen molar-refractivity contribution in [1.82, 2.24) is 4.31 Å². The van der Waals surface area contributed by atoms with Gasteiger partial charge < -0.3 is 5.11 Å². The van der Waals surface area contributed by atoms with Gasteiger partial charge in [0.05, 0.1) is 5.56 Å². The Morgan fingerprint density at radius 1 is 1.33 bits per heavy atom. The van der Waals surface area contributed by atoms with Gasteiger partial charge in [0.15, 0.2) is 0 Å². The third-order valence-corrected chi connectivity index (χ3v) is 5.95. The van der Waals surface area contributed by atoms with Crippen LogP contribution in [0.15, 0.2) is 23.1 Å². The highest BCUT2D eigenvalue weighted by molar-refractivity contribution is 7.89. The molecule has 0 aliphatic carbocycles. The van der Waals surface area contributed by atoms with Crippen molar-refractivity contribution in [1.29, 1.82) is 0 Å². The molecule has 0 saturated carbocycles. The lowest BCUT2D eigenvalue weighted by molar-refractivity contribution is 0.0696. The van der Waals surface area contributed by atoms with Gasteiger partial charge in [-0.25, -0.2) is 17.6 Å². The molecule has 1 saturated heterocycles. The van der Waals surface area contributed by atoms with Crippen LogP contribution in [0.3, 0.4) is 0 Å². The third-order valence-electron chi connectivity index (χ3n) is 3.82. The zero-order chi connectivity index (χ0) is 15.8. The second-order valence-corrected chi connectivity index (χ2v) is 7.63. The Balaban J connectivity index is 2.53. The summed E-state index contributed by atoms with van der Waals surface area (Å²) in [6, 6.07) is 2.82. The first-order valence-electron chi connectivity index (χ1n) is 6.72. The van der Waals surface area contributed by atoms with E-state index in [2.05, 4.69) is 0 Å². The van der Waals surface area contributed by atoms with E-state index < -0.39 is 32.2 Å². The minimum Gasteiger partial charge on any atom is -0.478 e. The van der Waals surface area contributed by atoms with Gasteiger partial charge in [-0.05, 0) is 44.9 Å². The predicted molar refractivity (Wildman–Crippen MR) is 75.2 cm³/mol. The zero-order valence-electron chi connectivity index (χ0n) is 12.0. The average molecular weight is 315 g/mol. The summed E-state index contributed by atoms with van der Waals surface area (Å²) < 4.78 is 40.6. The van der Waals surface area contributed by atoms with Crippen LogP contribution in [0.2, 0.25) is 0 Å². The molecule has 0 atom stereocenters. The normalized spacial score (nSPS) is 19.4. The Hall–Kier alpha value is -1.47. The molecule has 0 amide bonds. The Bertz CT molecular complexity index is 670. The molecule has 0 radical (unpaired) electrons. The van der Waals surface area contributed by atoms with E-state index in [1.807, 2.05) is 0 Å². The van der Waals surface area contributed by atoms with Crippen LogP contribution in [0.5, 0.6) is 0 Å². The lowest BCUT2D eigenvalue weighted by atomic mass is 9.93. The number of halogens is 1. The van der Waals surface area contributed by atoms with Crippen LogP contribution in [0.25, 0.3) is 0 Å². The summed E-state index contributed by atoms with van der Waals surface area (Å²) in [4.78, 5) is 10.4. The molecule has 0 spiro atoms. The summed E-state index contributed by atoms with van der Waals surface area (Å²) in [6.07, 6.45) is 2.31. The molecule has 21 heavy (non-hydrogen) atoms. The summed E-state index contributed by atoms with van der Waals surface area (Å²) in [6.45, 7) is 3.90. The SMILES string of the molecule is CC1(C)CCCCN1S(=O)(=O)c1cc(C(=O)O)ccc1F. The minimum absolute atomic E-state index is 0.246. The fourth-order valence-corrected chi connectivity index (χ4v) is 4.58. The van der Waals surface area contributed by atoms with Crippen molar-refractivity contribution in [3.63, 3.8) is 0 Å². The van der Waals surface area contributed by atoms with Gasteiger partial charge in [-0.2, -0.15) is 4.31 Å². The monoisotopic (exact) mass is 315 g/mol. The molecule has 1 aromatic carbocycles. The van der Waals surface area contributed by atoms with E-state index in [-0.39, 0.29) is 5.56 Å². The number of piperidine rings is 1. The van der Waals surface area contributed by atoms with E-state index in [4.69, 9.17) is 5.11 Å². The molecule has 116 valence electrons. The van der Waals surface area contributed by atoms with E-state index in [0.29, 0.717) is 19.4 Å². The summed E-state index contributed by atoms with van der Waals surface area (Å²) in [7, 11) is -4.06. The van der Waals surface area contributed by atoms with Crippen molar-refractivity contribution >= 4 is 16.0 Å². The number of sulfonamides is 1. The number of rotatable bonds is 3. The Labute approximate surface area is 123 Å². The lowest BCUT2D eigenvalue weighted by Gasteiger charge is -2.41. The summed E-state index contributed by atoms with van der Waals surface area (Å²) in [5.74, 6) is -2.22. The van der Waals surface area contributed by atoms with Gasteiger partial charge in [0, 0.05) is 12.1 Å². The Morgan fingerprint density at radius 3 is 2.57 bits per heavy atom. The minimum atomic E-state index is -4.06. The molecule has 1 fully saturated rings. The fourth-order valence-electron chi connectivity index (χ4n) is 2.64. The molecule has 1 N–H and O–H groups in total. The molecule has 7 heteroatoms. The second-order valence-electron chi connectivity index (χ2n) is 5.80. The van der Waals surface area contributed by atoms with Gasteiger partial charge >= 0.3 is 5.97 Å². The van der Waals surface area contributed by atoms with Crippen molar-refractivity contribution in [2.24, 2.45) is 0 Å². The number of hydrogen-bond donors (Lipinski definition) is 1. The maximum atomic E-state index is 13.9. The largest absolute Gasteiger partial charge is 0.478 e. The summed E-state index contributed by atoms with van der Waals surface area (Å²) in [5.41, 5.74) is -0.854. The first-order chi connectivity index (χ1) is 9.66. The highest BCUT2D eigenvalue weighted by atomic mass is 32.2. The van der Waals surface area contributed by atoms with Crippen molar-refractivity contribution in [2.75, 3.05) is 6.54 Å². The Kier molecular flexibility index (Phi) is 4.08. The number of carbonyl (C=O) groups is 1. The van der Waals surface area contributed by atoms with Crippen molar-refractivity contribution < 1.29 is 22.7 Å². The van der Waals surface area contributed by atoms with Gasteiger partial charge in [0.1, 0.15) is 10.7 Å². The number of nitrogens with zero attached hydrogens (tertiary/aromatic N) is 1. The number of aromatic carboxylic acids is 1. The van der Waals surface area contributed by atoms with Gasteiger partial charge in [0.2, 0.25) is 10.0 Å². The molecule has 0 aromatic heterocycles. The topological polar surface area (TPSA) is 74.7 Å². The fraction of sp³-hybridized carbons (Fsp3) is 0.500. The number of carboxylic acids is 1. The van der Waals surface area contributed by atoms with Crippen LogP contribution in [0.4, 0.5) is 4.39 Å². The van der Waals surface area contributed by atoms with E-state index in [1.165, 1.54) is 4.31 Å². The van der Waals surface area contributed by atoms with Crippen LogP contribution >= 0.6 is 0 Å². The molecule has 1 aromatic rings. The zero-order valence-corrected chi connectivity index (χ0v) is 12.8. The van der Waals surface area contributed by atoms with Crippen LogP contribution in [0, 0.1) is 5.82 Å². The average Bonchev–Trinajstić information content (AvgIpc) is 2.37. The third kappa shape index (κ3) is 2.94. The lowest BCUT2D eigenvalue weighted by Crippen LogP contribution is -2.50.